The highest BCUT2D eigenvalue weighted by atomic mass is 32.2. The Morgan fingerprint density at radius 2 is 1.74 bits per heavy atom. The molecule has 8 heteroatoms. The lowest BCUT2D eigenvalue weighted by atomic mass is 10.1. The molecule has 1 amide bonds. The van der Waals surface area contributed by atoms with Crippen molar-refractivity contribution < 1.29 is 17.9 Å². The topological polar surface area (TPSA) is 79.8 Å². The Bertz CT molecular complexity index is 1270. The van der Waals surface area contributed by atoms with Gasteiger partial charge in [0.25, 0.3) is 5.91 Å². The van der Waals surface area contributed by atoms with E-state index in [0.717, 1.165) is 22.9 Å². The summed E-state index contributed by atoms with van der Waals surface area (Å²) in [7, 11) is -3.58. The molecule has 0 bridgehead atoms. The largest absolute Gasteiger partial charge is 0.379 e. The molecule has 3 aromatic rings. The molecule has 0 spiro atoms. The smallest absolute Gasteiger partial charge is 0.259 e. The molecule has 2 aromatic carbocycles. The number of amides is 1. The number of aryl methyl sites for hydroxylation is 1. The van der Waals surface area contributed by atoms with Gasteiger partial charge in [0.15, 0.2) is 0 Å². The van der Waals surface area contributed by atoms with Gasteiger partial charge in [-0.25, -0.2) is 13.4 Å². The number of carbonyl (C=O) groups excluding carboxylic acids is 1. The van der Waals surface area contributed by atoms with E-state index in [1.54, 1.807) is 17.0 Å². The quantitative estimate of drug-likeness (QED) is 0.630. The number of pyridine rings is 1. The van der Waals surface area contributed by atoms with Gasteiger partial charge in [-0.3, -0.25) is 9.69 Å². The zero-order valence-corrected chi connectivity index (χ0v) is 18.1. The summed E-state index contributed by atoms with van der Waals surface area (Å²) < 4.78 is 32.3. The molecule has 0 unspecified atom stereocenters. The third-order valence-corrected chi connectivity index (χ3v) is 7.75. The summed E-state index contributed by atoms with van der Waals surface area (Å²) >= 11 is 0. The predicted octanol–water partition coefficient (Wildman–Crippen LogP) is 2.77. The van der Waals surface area contributed by atoms with Crippen LogP contribution in [-0.4, -0.2) is 56.5 Å². The highest BCUT2D eigenvalue weighted by Crippen LogP contribution is 2.31. The van der Waals surface area contributed by atoms with Gasteiger partial charge in [0.2, 0.25) is 10.0 Å². The van der Waals surface area contributed by atoms with E-state index in [1.807, 2.05) is 19.1 Å². The van der Waals surface area contributed by atoms with Crippen molar-refractivity contribution in [3.05, 3.63) is 65.2 Å². The van der Waals surface area contributed by atoms with E-state index in [1.165, 1.54) is 22.0 Å². The van der Waals surface area contributed by atoms with Crippen molar-refractivity contribution >= 4 is 32.7 Å². The van der Waals surface area contributed by atoms with Crippen LogP contribution >= 0.6 is 0 Å². The van der Waals surface area contributed by atoms with Crippen molar-refractivity contribution in [1.82, 2.24) is 9.29 Å². The molecule has 3 heterocycles. The minimum Gasteiger partial charge on any atom is -0.379 e. The van der Waals surface area contributed by atoms with Gasteiger partial charge < -0.3 is 4.74 Å². The number of fused-ring (bicyclic) bond motifs is 2. The summed E-state index contributed by atoms with van der Waals surface area (Å²) in [5, 5.41) is 1.07. The standard InChI is InChI=1S/C23H23N3O4S/c1-16-2-7-21-19(14-16)15-18-8-9-26(22(18)24-21)23(27)17-3-5-20(6-4-17)31(28,29)25-10-12-30-13-11-25/h2-7,14-15H,8-13H2,1H3. The van der Waals surface area contributed by atoms with Gasteiger partial charge in [-0.1, -0.05) is 11.6 Å². The fourth-order valence-electron chi connectivity index (χ4n) is 4.14. The third kappa shape index (κ3) is 3.60. The van der Waals surface area contributed by atoms with Crippen LogP contribution < -0.4 is 4.90 Å². The molecule has 5 rings (SSSR count). The molecule has 160 valence electrons. The monoisotopic (exact) mass is 437 g/mol. The Morgan fingerprint density at radius 3 is 2.48 bits per heavy atom. The van der Waals surface area contributed by atoms with Gasteiger partial charge in [0.1, 0.15) is 5.82 Å². The number of nitrogens with zero attached hydrogens (tertiary/aromatic N) is 3. The fourth-order valence-corrected chi connectivity index (χ4v) is 5.55. The highest BCUT2D eigenvalue weighted by molar-refractivity contribution is 7.89. The number of hydrogen-bond donors (Lipinski definition) is 0. The van der Waals surface area contributed by atoms with Gasteiger partial charge >= 0.3 is 0 Å². The average molecular weight is 438 g/mol. The van der Waals surface area contributed by atoms with Crippen LogP contribution in [0.2, 0.25) is 0 Å². The number of hydrogen-bond acceptors (Lipinski definition) is 5. The fraction of sp³-hybridized carbons (Fsp3) is 0.304. The van der Waals surface area contributed by atoms with Crippen LogP contribution in [0.25, 0.3) is 10.9 Å². The Balaban J connectivity index is 1.41. The van der Waals surface area contributed by atoms with Gasteiger partial charge in [-0.15, -0.1) is 0 Å². The molecular formula is C23H23N3O4S. The van der Waals surface area contributed by atoms with E-state index in [2.05, 4.69) is 12.1 Å². The van der Waals surface area contributed by atoms with E-state index in [-0.39, 0.29) is 10.8 Å². The van der Waals surface area contributed by atoms with Crippen molar-refractivity contribution in [2.24, 2.45) is 0 Å². The third-order valence-electron chi connectivity index (χ3n) is 5.84. The second kappa shape index (κ2) is 7.71. The zero-order chi connectivity index (χ0) is 21.6. The number of sulfonamides is 1. The summed E-state index contributed by atoms with van der Waals surface area (Å²) in [6, 6.07) is 14.4. The summed E-state index contributed by atoms with van der Waals surface area (Å²) in [6.07, 6.45) is 0.751. The molecule has 0 aliphatic carbocycles. The number of carbonyl (C=O) groups is 1. The van der Waals surface area contributed by atoms with Crippen molar-refractivity contribution in [3.8, 4) is 0 Å². The minimum atomic E-state index is -3.58. The lowest BCUT2D eigenvalue weighted by Crippen LogP contribution is -2.40. The van der Waals surface area contributed by atoms with Gasteiger partial charge in [-0.05, 0) is 61.4 Å². The van der Waals surface area contributed by atoms with Gasteiger partial charge in [0.05, 0.1) is 23.6 Å². The van der Waals surface area contributed by atoms with Crippen LogP contribution in [0.4, 0.5) is 5.82 Å². The maximum Gasteiger partial charge on any atom is 0.259 e. The van der Waals surface area contributed by atoms with E-state index in [4.69, 9.17) is 9.72 Å². The van der Waals surface area contributed by atoms with E-state index >= 15 is 0 Å². The van der Waals surface area contributed by atoms with Gasteiger partial charge in [-0.2, -0.15) is 4.31 Å². The lowest BCUT2D eigenvalue weighted by Gasteiger charge is -2.26. The van der Waals surface area contributed by atoms with E-state index in [9.17, 15) is 13.2 Å². The molecule has 0 N–H and O–H groups in total. The first kappa shape index (κ1) is 20.1. The Labute approximate surface area is 181 Å². The van der Waals surface area contributed by atoms with Crippen molar-refractivity contribution in [3.63, 3.8) is 0 Å². The van der Waals surface area contributed by atoms with Crippen molar-refractivity contribution in [2.75, 3.05) is 37.7 Å². The van der Waals surface area contributed by atoms with Crippen LogP contribution in [0, 0.1) is 6.92 Å². The number of ether oxygens (including phenoxy) is 1. The van der Waals surface area contributed by atoms with Crippen molar-refractivity contribution in [2.45, 2.75) is 18.2 Å². The lowest BCUT2D eigenvalue weighted by molar-refractivity contribution is 0.0730. The van der Waals surface area contributed by atoms with Crippen LogP contribution in [0.1, 0.15) is 21.5 Å². The van der Waals surface area contributed by atoms with Gasteiger partial charge in [0, 0.05) is 30.6 Å². The first-order valence-corrected chi connectivity index (χ1v) is 11.8. The molecular weight excluding hydrogens is 414 g/mol. The SMILES string of the molecule is Cc1ccc2nc3c(cc2c1)CCN3C(=O)c1ccc(S(=O)(=O)N2CCOCC2)cc1. The molecule has 1 aromatic heterocycles. The molecule has 7 nitrogen and oxygen atoms in total. The summed E-state index contributed by atoms with van der Waals surface area (Å²) in [5.74, 6) is 0.513. The summed E-state index contributed by atoms with van der Waals surface area (Å²) in [4.78, 5) is 19.8. The average Bonchev–Trinajstić information content (AvgIpc) is 3.20. The minimum absolute atomic E-state index is 0.173. The molecule has 1 fully saturated rings. The predicted molar refractivity (Wildman–Crippen MR) is 118 cm³/mol. The van der Waals surface area contributed by atoms with Crippen molar-refractivity contribution in [1.29, 1.82) is 0 Å². The van der Waals surface area contributed by atoms with E-state index in [0.29, 0.717) is 44.2 Å². The van der Waals surface area contributed by atoms with Crippen LogP contribution in [-0.2, 0) is 21.2 Å². The highest BCUT2D eigenvalue weighted by Gasteiger charge is 2.29. The summed E-state index contributed by atoms with van der Waals surface area (Å²) in [5.41, 5.74) is 3.53. The first-order chi connectivity index (χ1) is 14.9. The Hall–Kier alpha value is -2.81. The molecule has 2 aliphatic rings. The number of anilines is 1. The van der Waals surface area contributed by atoms with Crippen LogP contribution in [0.15, 0.2) is 53.4 Å². The van der Waals surface area contributed by atoms with Crippen LogP contribution in [0.5, 0.6) is 0 Å². The maximum atomic E-state index is 13.2. The molecule has 2 aliphatic heterocycles. The van der Waals surface area contributed by atoms with Crippen LogP contribution in [0.3, 0.4) is 0 Å². The molecule has 1 saturated heterocycles. The second-order valence-electron chi connectivity index (χ2n) is 7.91. The zero-order valence-electron chi connectivity index (χ0n) is 17.2. The number of benzene rings is 2. The molecule has 0 saturated carbocycles. The molecule has 0 atom stereocenters. The second-order valence-corrected chi connectivity index (χ2v) is 9.85. The first-order valence-electron chi connectivity index (χ1n) is 10.3. The molecule has 31 heavy (non-hydrogen) atoms. The number of morpholine rings is 1. The normalized spacial score (nSPS) is 17.1. The number of rotatable bonds is 3. The number of aromatic nitrogens is 1. The Morgan fingerprint density at radius 1 is 1.00 bits per heavy atom. The summed E-state index contributed by atoms with van der Waals surface area (Å²) in [6.45, 7) is 4.08. The maximum absolute atomic E-state index is 13.2. The molecule has 0 radical (unpaired) electrons. The van der Waals surface area contributed by atoms with E-state index < -0.39 is 10.0 Å². The Kier molecular flexibility index (Phi) is 5.00.